The van der Waals surface area contributed by atoms with Crippen molar-refractivity contribution >= 4 is 5.91 Å². The monoisotopic (exact) mass is 210 g/mol. The number of piperidine rings is 1. The summed E-state index contributed by atoms with van der Waals surface area (Å²) in [6.45, 7) is 1.71. The fraction of sp³-hybridized carbons (Fsp3) is 0.917. The molecule has 0 bridgehead atoms. The predicted octanol–water partition coefficient (Wildman–Crippen LogP) is 1.52. The quantitative estimate of drug-likeness (QED) is 0.767. The second kappa shape index (κ2) is 4.97. The molecule has 1 amide bonds. The first kappa shape index (κ1) is 10.9. The van der Waals surface area contributed by atoms with Gasteiger partial charge in [0.15, 0.2) is 0 Å². The Morgan fingerprint density at radius 1 is 1.27 bits per heavy atom. The zero-order valence-electron chi connectivity index (χ0n) is 9.45. The number of nitrogens with zero attached hydrogens (tertiary/aromatic N) is 1. The lowest BCUT2D eigenvalue weighted by molar-refractivity contribution is -0.132. The number of carbonyl (C=O) groups is 1. The molecule has 86 valence electrons. The molecule has 1 aliphatic heterocycles. The van der Waals surface area contributed by atoms with Crippen molar-refractivity contribution in [3.63, 3.8) is 0 Å². The van der Waals surface area contributed by atoms with Crippen molar-refractivity contribution < 1.29 is 4.79 Å². The van der Waals surface area contributed by atoms with E-state index < -0.39 is 0 Å². The maximum Gasteiger partial charge on any atom is 0.222 e. The molecule has 2 fully saturated rings. The summed E-state index contributed by atoms with van der Waals surface area (Å²) in [4.78, 5) is 13.8. The first-order valence-corrected chi connectivity index (χ1v) is 6.29. The van der Waals surface area contributed by atoms with E-state index in [1.807, 2.05) is 4.90 Å². The Bertz CT molecular complexity index is 226. The molecule has 0 spiro atoms. The zero-order chi connectivity index (χ0) is 10.7. The van der Waals surface area contributed by atoms with Gasteiger partial charge in [-0.2, -0.15) is 0 Å². The molecule has 1 saturated heterocycles. The summed E-state index contributed by atoms with van der Waals surface area (Å²) in [6, 6.07) is 0.214. The smallest absolute Gasteiger partial charge is 0.222 e. The van der Waals surface area contributed by atoms with Crippen LogP contribution in [0, 0.1) is 5.92 Å². The average molecular weight is 210 g/mol. The third-order valence-corrected chi connectivity index (χ3v) is 3.80. The van der Waals surface area contributed by atoms with E-state index >= 15 is 0 Å². The lowest BCUT2D eigenvalue weighted by Crippen LogP contribution is -2.45. The van der Waals surface area contributed by atoms with Crippen LogP contribution in [0.15, 0.2) is 0 Å². The lowest BCUT2D eigenvalue weighted by Gasteiger charge is -2.32. The molecule has 0 aromatic carbocycles. The van der Waals surface area contributed by atoms with Crippen LogP contribution in [0.1, 0.15) is 44.9 Å². The highest BCUT2D eigenvalue weighted by Gasteiger charge is 2.23. The van der Waals surface area contributed by atoms with Crippen molar-refractivity contribution in [1.82, 2.24) is 4.90 Å². The highest BCUT2D eigenvalue weighted by atomic mass is 16.2. The second-order valence-electron chi connectivity index (χ2n) is 5.08. The standard InChI is InChI=1S/C12H22N2O/c13-11-5-2-8-14(9-11)12(15)7-6-10-3-1-4-10/h10-11H,1-9,13H2. The van der Waals surface area contributed by atoms with Gasteiger partial charge >= 0.3 is 0 Å². The van der Waals surface area contributed by atoms with Crippen molar-refractivity contribution in [2.24, 2.45) is 11.7 Å². The van der Waals surface area contributed by atoms with Crippen LogP contribution in [0.25, 0.3) is 0 Å². The van der Waals surface area contributed by atoms with E-state index in [9.17, 15) is 4.79 Å². The average Bonchev–Trinajstić information content (AvgIpc) is 2.15. The van der Waals surface area contributed by atoms with Crippen LogP contribution < -0.4 is 5.73 Å². The number of hydrogen-bond acceptors (Lipinski definition) is 2. The SMILES string of the molecule is NC1CCCN(C(=O)CCC2CCC2)C1. The minimum Gasteiger partial charge on any atom is -0.341 e. The molecule has 3 nitrogen and oxygen atoms in total. The Balaban J connectivity index is 1.69. The fourth-order valence-corrected chi connectivity index (χ4v) is 2.50. The number of nitrogens with two attached hydrogens (primary N) is 1. The minimum atomic E-state index is 0.214. The molecule has 1 atom stereocenters. The second-order valence-corrected chi connectivity index (χ2v) is 5.08. The van der Waals surface area contributed by atoms with Gasteiger partial charge < -0.3 is 10.6 Å². The van der Waals surface area contributed by atoms with Gasteiger partial charge in [0.2, 0.25) is 5.91 Å². The Morgan fingerprint density at radius 2 is 2.07 bits per heavy atom. The van der Waals surface area contributed by atoms with Crippen LogP contribution >= 0.6 is 0 Å². The summed E-state index contributed by atoms with van der Waals surface area (Å²) >= 11 is 0. The fourth-order valence-electron chi connectivity index (χ4n) is 2.50. The number of rotatable bonds is 3. The molecule has 0 radical (unpaired) electrons. The van der Waals surface area contributed by atoms with Crippen LogP contribution in [0.5, 0.6) is 0 Å². The van der Waals surface area contributed by atoms with E-state index in [-0.39, 0.29) is 6.04 Å². The van der Waals surface area contributed by atoms with Crippen LogP contribution in [0.4, 0.5) is 0 Å². The van der Waals surface area contributed by atoms with Gasteiger partial charge in [0.25, 0.3) is 0 Å². The molecule has 15 heavy (non-hydrogen) atoms. The van der Waals surface area contributed by atoms with Gasteiger partial charge in [0.1, 0.15) is 0 Å². The van der Waals surface area contributed by atoms with Crippen LogP contribution in [0.2, 0.25) is 0 Å². The molecule has 0 aromatic rings. The summed E-state index contributed by atoms with van der Waals surface area (Å²) in [5, 5.41) is 0. The summed E-state index contributed by atoms with van der Waals surface area (Å²) in [7, 11) is 0. The Kier molecular flexibility index (Phi) is 3.62. The summed E-state index contributed by atoms with van der Waals surface area (Å²) in [5.74, 6) is 1.17. The van der Waals surface area contributed by atoms with Crippen molar-refractivity contribution in [2.45, 2.75) is 51.0 Å². The Morgan fingerprint density at radius 3 is 2.67 bits per heavy atom. The van der Waals surface area contributed by atoms with Gasteiger partial charge in [-0.05, 0) is 25.2 Å². The zero-order valence-corrected chi connectivity index (χ0v) is 9.45. The van der Waals surface area contributed by atoms with Gasteiger partial charge in [-0.25, -0.2) is 0 Å². The normalized spacial score (nSPS) is 27.5. The Labute approximate surface area is 92.0 Å². The summed E-state index contributed by atoms with van der Waals surface area (Å²) in [6.07, 6.45) is 8.05. The lowest BCUT2D eigenvalue weighted by atomic mass is 9.82. The highest BCUT2D eigenvalue weighted by Crippen LogP contribution is 2.30. The molecule has 2 N–H and O–H groups in total. The summed E-state index contributed by atoms with van der Waals surface area (Å²) < 4.78 is 0. The van der Waals surface area contributed by atoms with Gasteiger partial charge in [-0.3, -0.25) is 4.79 Å². The molecule has 1 heterocycles. The van der Waals surface area contributed by atoms with E-state index in [0.29, 0.717) is 5.91 Å². The molecule has 3 heteroatoms. The highest BCUT2D eigenvalue weighted by molar-refractivity contribution is 5.76. The molecule has 0 aromatic heterocycles. The van der Waals surface area contributed by atoms with E-state index in [4.69, 9.17) is 5.73 Å². The maximum atomic E-state index is 11.9. The molecule has 2 rings (SSSR count). The third kappa shape index (κ3) is 2.94. The van der Waals surface area contributed by atoms with Crippen LogP contribution in [0.3, 0.4) is 0 Å². The molecule has 1 unspecified atom stereocenters. The summed E-state index contributed by atoms with van der Waals surface area (Å²) in [5.41, 5.74) is 5.86. The van der Waals surface area contributed by atoms with Crippen molar-refractivity contribution in [2.75, 3.05) is 13.1 Å². The van der Waals surface area contributed by atoms with E-state index in [1.165, 1.54) is 19.3 Å². The molecular weight excluding hydrogens is 188 g/mol. The predicted molar refractivity (Wildman–Crippen MR) is 60.4 cm³/mol. The van der Waals surface area contributed by atoms with E-state index in [2.05, 4.69) is 0 Å². The number of likely N-dealkylation sites (tertiary alicyclic amines) is 1. The number of hydrogen-bond donors (Lipinski definition) is 1. The molecule has 1 saturated carbocycles. The van der Waals surface area contributed by atoms with Crippen LogP contribution in [-0.4, -0.2) is 29.9 Å². The van der Waals surface area contributed by atoms with Gasteiger partial charge in [-0.1, -0.05) is 19.3 Å². The number of carbonyl (C=O) groups excluding carboxylic acids is 1. The first-order valence-electron chi connectivity index (χ1n) is 6.29. The van der Waals surface area contributed by atoms with Crippen molar-refractivity contribution in [1.29, 1.82) is 0 Å². The molecule has 2 aliphatic rings. The third-order valence-electron chi connectivity index (χ3n) is 3.80. The largest absolute Gasteiger partial charge is 0.341 e. The number of amides is 1. The van der Waals surface area contributed by atoms with Crippen molar-refractivity contribution in [3.8, 4) is 0 Å². The van der Waals surface area contributed by atoms with Crippen LogP contribution in [-0.2, 0) is 4.79 Å². The van der Waals surface area contributed by atoms with E-state index in [0.717, 1.165) is 44.7 Å². The van der Waals surface area contributed by atoms with E-state index in [1.54, 1.807) is 0 Å². The maximum absolute atomic E-state index is 11.9. The topological polar surface area (TPSA) is 46.3 Å². The molecule has 1 aliphatic carbocycles. The minimum absolute atomic E-state index is 0.214. The van der Waals surface area contributed by atoms with Crippen molar-refractivity contribution in [3.05, 3.63) is 0 Å². The Hall–Kier alpha value is -0.570. The van der Waals surface area contributed by atoms with Gasteiger partial charge in [0, 0.05) is 25.6 Å². The van der Waals surface area contributed by atoms with Gasteiger partial charge in [-0.15, -0.1) is 0 Å². The first-order chi connectivity index (χ1) is 7.25. The van der Waals surface area contributed by atoms with Gasteiger partial charge in [0.05, 0.1) is 0 Å². The molecular formula is C12H22N2O.